The van der Waals surface area contributed by atoms with Gasteiger partial charge in [-0.2, -0.15) is 0 Å². The van der Waals surface area contributed by atoms with Crippen LogP contribution in [0.15, 0.2) is 48.5 Å². The van der Waals surface area contributed by atoms with E-state index in [1.165, 1.54) is 5.56 Å². The highest BCUT2D eigenvalue weighted by molar-refractivity contribution is 6.30. The van der Waals surface area contributed by atoms with Gasteiger partial charge in [0.05, 0.1) is 12.6 Å². The molecule has 100 valence electrons. The van der Waals surface area contributed by atoms with E-state index in [-0.39, 0.29) is 12.6 Å². The Morgan fingerprint density at radius 1 is 1.16 bits per heavy atom. The molecule has 0 aromatic heterocycles. The second-order valence-corrected chi connectivity index (χ2v) is 5.10. The van der Waals surface area contributed by atoms with Crippen LogP contribution in [0.25, 0.3) is 0 Å². The van der Waals surface area contributed by atoms with Gasteiger partial charge in [0, 0.05) is 17.8 Å². The second-order valence-electron chi connectivity index (χ2n) is 4.67. The number of benzene rings is 2. The van der Waals surface area contributed by atoms with E-state index in [1.807, 2.05) is 42.5 Å². The molecular weight excluding hydrogens is 258 g/mol. The third-order valence-corrected chi connectivity index (χ3v) is 3.67. The molecule has 19 heavy (non-hydrogen) atoms. The lowest BCUT2D eigenvalue weighted by atomic mass is 10.1. The van der Waals surface area contributed by atoms with Crippen LogP contribution in [0.2, 0.25) is 5.02 Å². The molecule has 0 fully saturated rings. The van der Waals surface area contributed by atoms with Gasteiger partial charge < -0.3 is 10.0 Å². The molecule has 2 aromatic rings. The lowest BCUT2D eigenvalue weighted by Gasteiger charge is -2.27. The number of aliphatic hydroxyl groups excluding tert-OH is 1. The van der Waals surface area contributed by atoms with E-state index in [4.69, 9.17) is 16.7 Å². The van der Waals surface area contributed by atoms with E-state index in [0.717, 1.165) is 16.3 Å². The average molecular weight is 276 g/mol. The Bertz CT molecular complexity index is 539. The first-order chi connectivity index (χ1) is 9.11. The van der Waals surface area contributed by atoms with E-state index in [9.17, 15) is 0 Å². The van der Waals surface area contributed by atoms with Crippen LogP contribution in [0, 0.1) is 0 Å². The van der Waals surface area contributed by atoms with Gasteiger partial charge in [0.1, 0.15) is 0 Å². The van der Waals surface area contributed by atoms with Crippen molar-refractivity contribution in [3.05, 3.63) is 64.7 Å². The van der Waals surface area contributed by atoms with Gasteiger partial charge >= 0.3 is 0 Å². The van der Waals surface area contributed by atoms with Crippen molar-refractivity contribution in [3.8, 4) is 0 Å². The highest BCUT2D eigenvalue weighted by atomic mass is 35.5. The summed E-state index contributed by atoms with van der Waals surface area (Å²) in [5.74, 6) is 0. The van der Waals surface area contributed by atoms with Gasteiger partial charge in [-0.15, -0.1) is 0 Å². The van der Waals surface area contributed by atoms with Gasteiger partial charge in [-0.3, -0.25) is 0 Å². The monoisotopic (exact) mass is 275 g/mol. The summed E-state index contributed by atoms with van der Waals surface area (Å²) in [5.41, 5.74) is 3.22. The molecule has 0 amide bonds. The number of halogens is 1. The Morgan fingerprint density at radius 2 is 1.84 bits per heavy atom. The van der Waals surface area contributed by atoms with Crippen LogP contribution in [0.3, 0.4) is 0 Å². The molecule has 0 aliphatic carbocycles. The summed E-state index contributed by atoms with van der Waals surface area (Å²) in [6, 6.07) is 16.1. The molecule has 1 unspecified atom stereocenters. The molecule has 0 radical (unpaired) electrons. The molecule has 2 rings (SSSR count). The zero-order valence-corrected chi connectivity index (χ0v) is 11.9. The fourth-order valence-electron chi connectivity index (χ4n) is 2.05. The Hall–Kier alpha value is -1.51. The van der Waals surface area contributed by atoms with Crippen molar-refractivity contribution in [1.82, 2.24) is 0 Å². The smallest absolute Gasteiger partial charge is 0.0681 e. The van der Waals surface area contributed by atoms with Gasteiger partial charge in [-0.25, -0.2) is 0 Å². The highest BCUT2D eigenvalue weighted by Gasteiger charge is 2.12. The van der Waals surface area contributed by atoms with Crippen LogP contribution in [0.1, 0.15) is 24.1 Å². The Morgan fingerprint density at radius 3 is 2.42 bits per heavy atom. The van der Waals surface area contributed by atoms with Gasteiger partial charge in [-0.1, -0.05) is 35.9 Å². The van der Waals surface area contributed by atoms with E-state index >= 15 is 0 Å². The summed E-state index contributed by atoms with van der Waals surface area (Å²) >= 11 is 6.03. The van der Waals surface area contributed by atoms with Crippen molar-refractivity contribution >= 4 is 17.3 Å². The maximum atomic E-state index is 9.06. The number of nitrogens with zero attached hydrogens (tertiary/aromatic N) is 1. The van der Waals surface area contributed by atoms with Crippen LogP contribution in [-0.2, 0) is 6.61 Å². The summed E-state index contributed by atoms with van der Waals surface area (Å²) in [6.45, 7) is 2.22. The molecule has 0 aliphatic rings. The average Bonchev–Trinajstić information content (AvgIpc) is 2.46. The third kappa shape index (κ3) is 3.28. The van der Waals surface area contributed by atoms with Crippen molar-refractivity contribution in [2.24, 2.45) is 0 Å². The fraction of sp³-hybridized carbons (Fsp3) is 0.250. The predicted octanol–water partition coefficient (Wildman–Crippen LogP) is 4.03. The molecule has 1 atom stereocenters. The van der Waals surface area contributed by atoms with Crippen molar-refractivity contribution in [1.29, 1.82) is 0 Å². The quantitative estimate of drug-likeness (QED) is 0.911. The zero-order chi connectivity index (χ0) is 13.8. The maximum Gasteiger partial charge on any atom is 0.0681 e. The van der Waals surface area contributed by atoms with Crippen molar-refractivity contribution in [3.63, 3.8) is 0 Å². The number of anilines is 1. The normalized spacial score (nSPS) is 12.2. The molecule has 1 N–H and O–H groups in total. The third-order valence-electron chi connectivity index (χ3n) is 3.44. The largest absolute Gasteiger partial charge is 0.392 e. The molecular formula is C16H18ClNO. The van der Waals surface area contributed by atoms with E-state index in [1.54, 1.807) is 0 Å². The molecule has 0 aliphatic heterocycles. The minimum atomic E-state index is 0.0772. The first-order valence-corrected chi connectivity index (χ1v) is 6.67. The number of aliphatic hydroxyl groups is 1. The van der Waals surface area contributed by atoms with Gasteiger partial charge in [-0.05, 0) is 42.3 Å². The minimum absolute atomic E-state index is 0.0772. The van der Waals surface area contributed by atoms with Crippen LogP contribution in [0.4, 0.5) is 5.69 Å². The predicted molar refractivity (Wildman–Crippen MR) is 80.6 cm³/mol. The van der Waals surface area contributed by atoms with E-state index < -0.39 is 0 Å². The van der Waals surface area contributed by atoms with E-state index in [0.29, 0.717) is 0 Å². The summed E-state index contributed by atoms with van der Waals surface area (Å²) in [4.78, 5) is 2.19. The molecule has 2 nitrogen and oxygen atoms in total. The maximum absolute atomic E-state index is 9.06. The van der Waals surface area contributed by atoms with Crippen LogP contribution < -0.4 is 4.90 Å². The molecule has 2 aromatic carbocycles. The molecule has 3 heteroatoms. The van der Waals surface area contributed by atoms with Crippen LogP contribution in [0.5, 0.6) is 0 Å². The lowest BCUT2D eigenvalue weighted by molar-refractivity contribution is 0.282. The lowest BCUT2D eigenvalue weighted by Crippen LogP contribution is -2.21. The molecule has 0 bridgehead atoms. The van der Waals surface area contributed by atoms with Gasteiger partial charge in [0.2, 0.25) is 0 Å². The number of hydrogen-bond acceptors (Lipinski definition) is 2. The Balaban J connectivity index is 2.20. The highest BCUT2D eigenvalue weighted by Crippen LogP contribution is 2.26. The molecule has 0 spiro atoms. The van der Waals surface area contributed by atoms with Crippen molar-refractivity contribution < 1.29 is 5.11 Å². The van der Waals surface area contributed by atoms with Crippen molar-refractivity contribution in [2.75, 3.05) is 11.9 Å². The first-order valence-electron chi connectivity index (χ1n) is 6.30. The second kappa shape index (κ2) is 6.09. The fourth-order valence-corrected chi connectivity index (χ4v) is 2.25. The van der Waals surface area contributed by atoms with Crippen LogP contribution >= 0.6 is 11.6 Å². The Kier molecular flexibility index (Phi) is 4.46. The summed E-state index contributed by atoms with van der Waals surface area (Å²) in [7, 11) is 2.06. The first kappa shape index (κ1) is 13.9. The molecule has 0 saturated heterocycles. The Labute approximate surface area is 119 Å². The molecule has 0 saturated carbocycles. The SMILES string of the molecule is CC(c1cccc(Cl)c1)N(C)c1ccc(CO)cc1. The topological polar surface area (TPSA) is 23.5 Å². The zero-order valence-electron chi connectivity index (χ0n) is 11.2. The van der Waals surface area contributed by atoms with Gasteiger partial charge in [0.15, 0.2) is 0 Å². The summed E-state index contributed by atoms with van der Waals surface area (Å²) < 4.78 is 0. The summed E-state index contributed by atoms with van der Waals surface area (Å²) in [6.07, 6.45) is 0. The standard InChI is InChI=1S/C16H18ClNO/c1-12(14-4-3-5-15(17)10-14)18(2)16-8-6-13(11-19)7-9-16/h3-10,12,19H,11H2,1-2H3. The van der Waals surface area contributed by atoms with E-state index in [2.05, 4.69) is 24.9 Å². The minimum Gasteiger partial charge on any atom is -0.392 e. The number of rotatable bonds is 4. The van der Waals surface area contributed by atoms with Crippen LogP contribution in [-0.4, -0.2) is 12.2 Å². The van der Waals surface area contributed by atoms with Gasteiger partial charge in [0.25, 0.3) is 0 Å². The molecule has 0 heterocycles. The van der Waals surface area contributed by atoms with Crippen molar-refractivity contribution in [2.45, 2.75) is 19.6 Å². The number of hydrogen-bond donors (Lipinski definition) is 1. The summed E-state index contributed by atoms with van der Waals surface area (Å²) in [5, 5.41) is 9.81.